The molecular weight excluding hydrogens is 378 g/mol. The second kappa shape index (κ2) is 8.47. The van der Waals surface area contributed by atoms with Crippen molar-refractivity contribution in [1.29, 1.82) is 0 Å². The molecule has 0 bridgehead atoms. The van der Waals surface area contributed by atoms with Crippen LogP contribution < -0.4 is 10.6 Å². The van der Waals surface area contributed by atoms with E-state index in [-0.39, 0.29) is 28.0 Å². The first-order valence-electron chi connectivity index (χ1n) is 8.73. The summed E-state index contributed by atoms with van der Waals surface area (Å²) in [4.78, 5) is 24.4. The predicted molar refractivity (Wildman–Crippen MR) is 96.8 cm³/mol. The van der Waals surface area contributed by atoms with E-state index < -0.39 is 17.5 Å². The number of aromatic nitrogens is 2. The number of nitrogens with one attached hydrogen (secondary N) is 3. The number of rotatable bonds is 5. The van der Waals surface area contributed by atoms with E-state index >= 15 is 0 Å². The van der Waals surface area contributed by atoms with Gasteiger partial charge in [-0.05, 0) is 30.9 Å². The molecule has 9 heteroatoms. The van der Waals surface area contributed by atoms with Crippen LogP contribution in [0.2, 0.25) is 5.02 Å². The van der Waals surface area contributed by atoms with Gasteiger partial charge in [0.15, 0.2) is 17.5 Å². The summed E-state index contributed by atoms with van der Waals surface area (Å²) in [5, 5.41) is 11.4. The summed E-state index contributed by atoms with van der Waals surface area (Å²) in [5.41, 5.74) is -0.0423. The molecule has 1 aromatic heterocycles. The van der Waals surface area contributed by atoms with Gasteiger partial charge in [0.2, 0.25) is 0 Å². The smallest absolute Gasteiger partial charge is 0.269 e. The Balaban J connectivity index is 1.59. The third kappa shape index (κ3) is 4.82. The van der Waals surface area contributed by atoms with Crippen molar-refractivity contribution in [2.75, 3.05) is 11.9 Å². The maximum atomic E-state index is 13.3. The highest BCUT2D eigenvalue weighted by Crippen LogP contribution is 2.23. The Kier molecular flexibility index (Phi) is 6.05. The molecule has 0 radical (unpaired) electrons. The quantitative estimate of drug-likeness (QED) is 0.670. The molecule has 3 N–H and O–H groups in total. The van der Waals surface area contributed by atoms with Crippen LogP contribution in [0.3, 0.4) is 0 Å². The minimum atomic E-state index is -1.19. The fraction of sp³-hybridized carbons (Fsp3) is 0.389. The van der Waals surface area contributed by atoms with Crippen LogP contribution >= 0.6 is 11.6 Å². The van der Waals surface area contributed by atoms with Crippen LogP contribution in [0.1, 0.15) is 53.0 Å². The van der Waals surface area contributed by atoms with Crippen LogP contribution in [0.15, 0.2) is 18.2 Å². The van der Waals surface area contributed by atoms with E-state index in [9.17, 15) is 18.4 Å². The Bertz CT molecular complexity index is 850. The molecule has 6 nitrogen and oxygen atoms in total. The zero-order chi connectivity index (χ0) is 19.4. The molecule has 2 aromatic rings. The van der Waals surface area contributed by atoms with Gasteiger partial charge in [0.1, 0.15) is 5.69 Å². The number of H-pyrrole nitrogens is 1. The molecule has 0 spiro atoms. The van der Waals surface area contributed by atoms with Crippen LogP contribution in [-0.2, 0) is 0 Å². The van der Waals surface area contributed by atoms with Gasteiger partial charge in [-0.25, -0.2) is 8.78 Å². The van der Waals surface area contributed by atoms with E-state index in [1.807, 2.05) is 0 Å². The minimum Gasteiger partial charge on any atom is -0.350 e. The van der Waals surface area contributed by atoms with Crippen molar-refractivity contribution in [1.82, 2.24) is 15.5 Å². The van der Waals surface area contributed by atoms with Gasteiger partial charge >= 0.3 is 0 Å². The summed E-state index contributed by atoms with van der Waals surface area (Å²) in [6, 6.07) is 2.79. The summed E-state index contributed by atoms with van der Waals surface area (Å²) in [6.07, 6.45) is 5.84. The van der Waals surface area contributed by atoms with Gasteiger partial charge in [-0.2, -0.15) is 5.10 Å². The minimum absolute atomic E-state index is 0.0728. The fourth-order valence-electron chi connectivity index (χ4n) is 3.11. The first kappa shape index (κ1) is 19.3. The lowest BCUT2D eigenvalue weighted by molar-refractivity contribution is 0.0937. The summed E-state index contributed by atoms with van der Waals surface area (Å²) >= 11 is 5.77. The summed E-state index contributed by atoms with van der Waals surface area (Å²) in [5.74, 6) is -2.86. The SMILES string of the molecule is O=C(NCC1CCCCC1)c1cc(NC(=O)c2cc(F)c(F)cc2Cl)n[nH]1. The standard InChI is InChI=1S/C18H19ClF2N4O2/c19-12-7-14(21)13(20)6-11(12)17(26)23-16-8-15(24-25-16)18(27)22-9-10-4-2-1-3-5-10/h6-8,10H,1-5,9H2,(H,22,27)(H2,23,24,25,26). The average molecular weight is 397 g/mol. The highest BCUT2D eigenvalue weighted by Gasteiger charge is 2.18. The molecule has 144 valence electrons. The summed E-state index contributed by atoms with van der Waals surface area (Å²) in [6.45, 7) is 0.601. The van der Waals surface area contributed by atoms with Crippen molar-refractivity contribution < 1.29 is 18.4 Å². The topological polar surface area (TPSA) is 86.9 Å². The summed E-state index contributed by atoms with van der Waals surface area (Å²) in [7, 11) is 0. The number of hydrogen-bond acceptors (Lipinski definition) is 3. The van der Waals surface area contributed by atoms with Crippen molar-refractivity contribution in [2.24, 2.45) is 5.92 Å². The van der Waals surface area contributed by atoms with E-state index in [4.69, 9.17) is 11.6 Å². The number of benzene rings is 1. The van der Waals surface area contributed by atoms with Crippen molar-refractivity contribution in [3.8, 4) is 0 Å². The van der Waals surface area contributed by atoms with E-state index in [0.29, 0.717) is 18.5 Å². The Morgan fingerprint density at radius 2 is 1.81 bits per heavy atom. The monoisotopic (exact) mass is 396 g/mol. The zero-order valence-electron chi connectivity index (χ0n) is 14.4. The molecule has 1 saturated carbocycles. The fourth-order valence-corrected chi connectivity index (χ4v) is 3.34. The van der Waals surface area contributed by atoms with Gasteiger partial charge in [0.25, 0.3) is 11.8 Å². The van der Waals surface area contributed by atoms with Crippen LogP contribution in [0.5, 0.6) is 0 Å². The number of halogens is 3. The van der Waals surface area contributed by atoms with Gasteiger partial charge in [0.05, 0.1) is 10.6 Å². The largest absolute Gasteiger partial charge is 0.350 e. The number of anilines is 1. The number of aromatic amines is 1. The van der Waals surface area contributed by atoms with Crippen molar-refractivity contribution >= 4 is 29.2 Å². The van der Waals surface area contributed by atoms with E-state index in [2.05, 4.69) is 20.8 Å². The van der Waals surface area contributed by atoms with Crippen LogP contribution in [0.25, 0.3) is 0 Å². The first-order valence-corrected chi connectivity index (χ1v) is 9.11. The summed E-state index contributed by atoms with van der Waals surface area (Å²) < 4.78 is 26.4. The number of carbonyl (C=O) groups is 2. The molecule has 0 unspecified atom stereocenters. The van der Waals surface area contributed by atoms with E-state index in [1.165, 1.54) is 25.3 Å². The lowest BCUT2D eigenvalue weighted by Crippen LogP contribution is -2.30. The van der Waals surface area contributed by atoms with Gasteiger partial charge in [-0.1, -0.05) is 30.9 Å². The highest BCUT2D eigenvalue weighted by atomic mass is 35.5. The molecule has 1 fully saturated rings. The maximum Gasteiger partial charge on any atom is 0.269 e. The highest BCUT2D eigenvalue weighted by molar-refractivity contribution is 6.34. The Labute approximate surface area is 159 Å². The Morgan fingerprint density at radius 1 is 1.11 bits per heavy atom. The van der Waals surface area contributed by atoms with Crippen LogP contribution in [0.4, 0.5) is 14.6 Å². The molecular formula is C18H19ClF2N4O2. The second-order valence-corrected chi connectivity index (χ2v) is 6.99. The third-order valence-corrected chi connectivity index (χ3v) is 4.91. The lowest BCUT2D eigenvalue weighted by Gasteiger charge is -2.21. The predicted octanol–water partition coefficient (Wildman–Crippen LogP) is 3.90. The van der Waals surface area contributed by atoms with Crippen LogP contribution in [-0.4, -0.2) is 28.6 Å². The Hall–Kier alpha value is -2.48. The van der Waals surface area contributed by atoms with Crippen LogP contribution in [0, 0.1) is 17.6 Å². The molecule has 27 heavy (non-hydrogen) atoms. The number of carbonyl (C=O) groups excluding carboxylic acids is 2. The van der Waals surface area contributed by atoms with Crippen molar-refractivity contribution in [3.63, 3.8) is 0 Å². The van der Waals surface area contributed by atoms with Gasteiger partial charge in [-0.15, -0.1) is 0 Å². The first-order chi connectivity index (χ1) is 12.9. The molecule has 1 aliphatic rings. The molecule has 0 aliphatic heterocycles. The maximum absolute atomic E-state index is 13.3. The zero-order valence-corrected chi connectivity index (χ0v) is 15.2. The molecule has 0 saturated heterocycles. The molecule has 2 amide bonds. The number of nitrogens with zero attached hydrogens (tertiary/aromatic N) is 1. The number of hydrogen-bond donors (Lipinski definition) is 3. The van der Waals surface area contributed by atoms with Crippen molar-refractivity contribution in [2.45, 2.75) is 32.1 Å². The number of amides is 2. The Morgan fingerprint density at radius 3 is 2.56 bits per heavy atom. The van der Waals surface area contributed by atoms with E-state index in [1.54, 1.807) is 0 Å². The van der Waals surface area contributed by atoms with Gasteiger partial charge < -0.3 is 10.6 Å². The molecule has 0 atom stereocenters. The molecule has 1 aromatic carbocycles. The van der Waals surface area contributed by atoms with Gasteiger partial charge in [-0.3, -0.25) is 14.7 Å². The molecule has 1 heterocycles. The average Bonchev–Trinajstić information content (AvgIpc) is 3.12. The normalized spacial score (nSPS) is 14.8. The second-order valence-electron chi connectivity index (χ2n) is 6.58. The van der Waals surface area contributed by atoms with Crippen molar-refractivity contribution in [3.05, 3.63) is 46.1 Å². The van der Waals surface area contributed by atoms with Gasteiger partial charge in [0, 0.05) is 12.6 Å². The third-order valence-electron chi connectivity index (χ3n) is 4.59. The molecule has 3 rings (SSSR count). The van der Waals surface area contributed by atoms with E-state index in [0.717, 1.165) is 18.9 Å². The lowest BCUT2D eigenvalue weighted by atomic mass is 9.89. The molecule has 1 aliphatic carbocycles.